The lowest BCUT2D eigenvalue weighted by Gasteiger charge is -2.40. The summed E-state index contributed by atoms with van der Waals surface area (Å²) in [4.78, 5) is 21.2. The van der Waals surface area contributed by atoms with E-state index in [0.29, 0.717) is 31.0 Å². The Hall–Kier alpha value is -1.43. The average Bonchev–Trinajstić information content (AvgIpc) is 2.94. The van der Waals surface area contributed by atoms with Crippen molar-refractivity contribution >= 4 is 5.91 Å². The number of piperidine rings is 1. The lowest BCUT2D eigenvalue weighted by atomic mass is 9.85. The summed E-state index contributed by atoms with van der Waals surface area (Å²) in [6, 6.07) is 0.834. The molecule has 0 N–H and O–H groups in total. The number of hydrogen-bond donors (Lipinski definition) is 0. The van der Waals surface area contributed by atoms with Gasteiger partial charge in [0.25, 0.3) is 0 Å². The van der Waals surface area contributed by atoms with Crippen molar-refractivity contribution in [3.8, 4) is 0 Å². The summed E-state index contributed by atoms with van der Waals surface area (Å²) in [5.74, 6) is 2.13. The van der Waals surface area contributed by atoms with Gasteiger partial charge in [0, 0.05) is 44.4 Å². The van der Waals surface area contributed by atoms with Crippen LogP contribution >= 0.6 is 0 Å². The molecular formula is C18H30N4O2. The molecule has 1 aromatic rings. The molecule has 1 saturated heterocycles. The van der Waals surface area contributed by atoms with Crippen molar-refractivity contribution in [1.82, 2.24) is 19.9 Å². The molecule has 1 unspecified atom stereocenters. The fraction of sp³-hybridized carbons (Fsp3) is 0.833. The number of amides is 1. The van der Waals surface area contributed by atoms with Gasteiger partial charge in [-0.1, -0.05) is 11.6 Å². The predicted molar refractivity (Wildman–Crippen MR) is 91.7 cm³/mol. The van der Waals surface area contributed by atoms with Crippen molar-refractivity contribution in [1.29, 1.82) is 0 Å². The topological polar surface area (TPSA) is 62.5 Å². The molecule has 2 aliphatic rings. The van der Waals surface area contributed by atoms with E-state index >= 15 is 0 Å². The lowest BCUT2D eigenvalue weighted by Crippen LogP contribution is -2.51. The number of carbonyl (C=O) groups is 1. The second-order valence-corrected chi connectivity index (χ2v) is 7.52. The Bertz CT molecular complexity index is 553. The van der Waals surface area contributed by atoms with Crippen LogP contribution in [0.1, 0.15) is 70.5 Å². The van der Waals surface area contributed by atoms with Crippen LogP contribution < -0.4 is 0 Å². The number of carbonyl (C=O) groups excluding carboxylic acids is 1. The Morgan fingerprint density at radius 3 is 2.75 bits per heavy atom. The van der Waals surface area contributed by atoms with Gasteiger partial charge in [-0.15, -0.1) is 0 Å². The monoisotopic (exact) mass is 334 g/mol. The minimum absolute atomic E-state index is 0.147. The highest BCUT2D eigenvalue weighted by Gasteiger charge is 2.29. The molecule has 0 spiro atoms. The molecule has 1 amide bonds. The molecule has 1 aliphatic heterocycles. The summed E-state index contributed by atoms with van der Waals surface area (Å²) >= 11 is 0. The van der Waals surface area contributed by atoms with Crippen molar-refractivity contribution < 1.29 is 9.32 Å². The average molecular weight is 334 g/mol. The van der Waals surface area contributed by atoms with Gasteiger partial charge in [-0.25, -0.2) is 0 Å². The van der Waals surface area contributed by atoms with Crippen molar-refractivity contribution in [3.63, 3.8) is 0 Å². The van der Waals surface area contributed by atoms with Crippen molar-refractivity contribution in [2.24, 2.45) is 0 Å². The summed E-state index contributed by atoms with van der Waals surface area (Å²) in [5, 5.41) is 4.10. The van der Waals surface area contributed by atoms with Crippen LogP contribution in [0.5, 0.6) is 0 Å². The number of rotatable bonds is 6. The summed E-state index contributed by atoms with van der Waals surface area (Å²) in [6.07, 6.45) is 6.49. The first-order valence-corrected chi connectivity index (χ1v) is 9.38. The van der Waals surface area contributed by atoms with E-state index in [-0.39, 0.29) is 5.91 Å². The van der Waals surface area contributed by atoms with Gasteiger partial charge in [-0.2, -0.15) is 4.98 Å². The Balaban J connectivity index is 1.57. The largest absolute Gasteiger partial charge is 0.339 e. The summed E-state index contributed by atoms with van der Waals surface area (Å²) in [7, 11) is 0. The molecule has 0 aromatic carbocycles. The lowest BCUT2D eigenvalue weighted by molar-refractivity contribution is -0.132. The predicted octanol–water partition coefficient (Wildman–Crippen LogP) is 2.60. The van der Waals surface area contributed by atoms with Crippen LogP contribution in [0, 0.1) is 0 Å². The SMILES string of the molecule is CC(=O)N(CCc1noc(C2CCC2)n1)C1CCCN(C(C)C)C1. The third-order valence-corrected chi connectivity index (χ3v) is 5.52. The van der Waals surface area contributed by atoms with E-state index in [1.54, 1.807) is 6.92 Å². The zero-order valence-electron chi connectivity index (χ0n) is 15.2. The Morgan fingerprint density at radius 2 is 2.12 bits per heavy atom. The van der Waals surface area contributed by atoms with E-state index in [1.165, 1.54) is 6.42 Å². The van der Waals surface area contributed by atoms with E-state index < -0.39 is 0 Å². The summed E-state index contributed by atoms with van der Waals surface area (Å²) < 4.78 is 5.38. The highest BCUT2D eigenvalue weighted by molar-refractivity contribution is 5.73. The Labute approximate surface area is 144 Å². The van der Waals surface area contributed by atoms with Gasteiger partial charge >= 0.3 is 0 Å². The van der Waals surface area contributed by atoms with Gasteiger partial charge in [-0.05, 0) is 46.1 Å². The molecule has 134 valence electrons. The Kier molecular flexibility index (Phi) is 5.54. The normalized spacial score (nSPS) is 22.6. The molecule has 3 rings (SSSR count). The van der Waals surface area contributed by atoms with Crippen molar-refractivity contribution in [2.45, 2.75) is 77.3 Å². The molecule has 24 heavy (non-hydrogen) atoms. The molecule has 6 nitrogen and oxygen atoms in total. The van der Waals surface area contributed by atoms with E-state index in [9.17, 15) is 4.79 Å². The maximum absolute atomic E-state index is 12.2. The standard InChI is InChI=1S/C18H30N4O2/c1-13(2)21-10-5-8-16(12-21)22(14(3)23)11-9-17-19-18(24-20-17)15-6-4-7-15/h13,15-16H,4-12H2,1-3H3. The van der Waals surface area contributed by atoms with Crippen LogP contribution in [0.15, 0.2) is 4.52 Å². The van der Waals surface area contributed by atoms with Crippen LogP contribution in [0.3, 0.4) is 0 Å². The van der Waals surface area contributed by atoms with Crippen molar-refractivity contribution in [3.05, 3.63) is 11.7 Å². The van der Waals surface area contributed by atoms with Crippen LogP contribution in [-0.2, 0) is 11.2 Å². The Morgan fingerprint density at radius 1 is 1.33 bits per heavy atom. The fourth-order valence-corrected chi connectivity index (χ4v) is 3.71. The molecular weight excluding hydrogens is 304 g/mol. The highest BCUT2D eigenvalue weighted by Crippen LogP contribution is 2.35. The maximum Gasteiger partial charge on any atom is 0.229 e. The van der Waals surface area contributed by atoms with Crippen LogP contribution in [0.2, 0.25) is 0 Å². The summed E-state index contributed by atoms with van der Waals surface area (Å²) in [5.41, 5.74) is 0. The van der Waals surface area contributed by atoms with Gasteiger partial charge < -0.3 is 9.42 Å². The second kappa shape index (κ2) is 7.64. The first-order chi connectivity index (χ1) is 11.5. The van der Waals surface area contributed by atoms with Crippen LogP contribution in [0.4, 0.5) is 0 Å². The van der Waals surface area contributed by atoms with E-state index in [1.807, 2.05) is 4.90 Å². The van der Waals surface area contributed by atoms with E-state index in [2.05, 4.69) is 28.9 Å². The first kappa shape index (κ1) is 17.4. The van der Waals surface area contributed by atoms with Crippen molar-refractivity contribution in [2.75, 3.05) is 19.6 Å². The highest BCUT2D eigenvalue weighted by atomic mass is 16.5. The number of aromatic nitrogens is 2. The molecule has 1 atom stereocenters. The molecule has 1 saturated carbocycles. The molecule has 0 bridgehead atoms. The molecule has 2 fully saturated rings. The minimum Gasteiger partial charge on any atom is -0.339 e. The van der Waals surface area contributed by atoms with Gasteiger partial charge in [0.2, 0.25) is 11.8 Å². The zero-order valence-corrected chi connectivity index (χ0v) is 15.2. The van der Waals surface area contributed by atoms with Crippen LogP contribution in [0.25, 0.3) is 0 Å². The van der Waals surface area contributed by atoms with Gasteiger partial charge in [0.05, 0.1) is 0 Å². The minimum atomic E-state index is 0.147. The van der Waals surface area contributed by atoms with Crippen LogP contribution in [-0.4, -0.2) is 57.6 Å². The molecule has 2 heterocycles. The van der Waals surface area contributed by atoms with Gasteiger partial charge in [0.1, 0.15) is 0 Å². The smallest absolute Gasteiger partial charge is 0.229 e. The summed E-state index contributed by atoms with van der Waals surface area (Å²) in [6.45, 7) is 8.90. The molecule has 6 heteroatoms. The molecule has 1 aromatic heterocycles. The first-order valence-electron chi connectivity index (χ1n) is 9.38. The molecule has 1 aliphatic carbocycles. The number of nitrogens with zero attached hydrogens (tertiary/aromatic N) is 4. The maximum atomic E-state index is 12.2. The van der Waals surface area contributed by atoms with E-state index in [4.69, 9.17) is 4.52 Å². The van der Waals surface area contributed by atoms with Gasteiger partial charge in [-0.3, -0.25) is 9.69 Å². The van der Waals surface area contributed by atoms with E-state index in [0.717, 1.165) is 50.5 Å². The number of likely N-dealkylation sites (tertiary alicyclic amines) is 1. The fourth-order valence-electron chi connectivity index (χ4n) is 3.71. The third kappa shape index (κ3) is 3.97. The second-order valence-electron chi connectivity index (χ2n) is 7.52. The quantitative estimate of drug-likeness (QED) is 0.800. The molecule has 0 radical (unpaired) electrons. The third-order valence-electron chi connectivity index (χ3n) is 5.52. The van der Waals surface area contributed by atoms with Gasteiger partial charge in [0.15, 0.2) is 5.82 Å². The zero-order chi connectivity index (χ0) is 17.1. The number of hydrogen-bond acceptors (Lipinski definition) is 5.